The van der Waals surface area contributed by atoms with Crippen LogP contribution in [0.25, 0.3) is 0 Å². The van der Waals surface area contributed by atoms with Crippen molar-refractivity contribution in [1.82, 2.24) is 4.90 Å². The second-order valence-corrected chi connectivity index (χ2v) is 5.85. The average molecular weight is 292 g/mol. The van der Waals surface area contributed by atoms with E-state index in [0.29, 0.717) is 23.3 Å². The SMILES string of the molecule is O=C(Nc1cccc(OCCF)c1)N1C[C@H]2CCC[C@H]2C1. The van der Waals surface area contributed by atoms with Crippen LogP contribution in [-0.4, -0.2) is 37.3 Å². The van der Waals surface area contributed by atoms with E-state index in [1.807, 2.05) is 11.0 Å². The van der Waals surface area contributed by atoms with E-state index >= 15 is 0 Å². The molecular weight excluding hydrogens is 271 g/mol. The van der Waals surface area contributed by atoms with Gasteiger partial charge in [-0.25, -0.2) is 9.18 Å². The van der Waals surface area contributed by atoms with Crippen molar-refractivity contribution in [3.8, 4) is 5.75 Å². The Morgan fingerprint density at radius 3 is 2.81 bits per heavy atom. The Balaban J connectivity index is 1.57. The van der Waals surface area contributed by atoms with Crippen LogP contribution in [0.2, 0.25) is 0 Å². The molecule has 1 aliphatic carbocycles. The highest BCUT2D eigenvalue weighted by atomic mass is 19.1. The summed E-state index contributed by atoms with van der Waals surface area (Å²) in [4.78, 5) is 14.2. The maximum absolute atomic E-state index is 12.3. The van der Waals surface area contributed by atoms with Crippen molar-refractivity contribution in [1.29, 1.82) is 0 Å². The van der Waals surface area contributed by atoms with Gasteiger partial charge in [0, 0.05) is 24.8 Å². The third-order valence-corrected chi connectivity index (χ3v) is 4.44. The molecule has 1 aromatic rings. The zero-order valence-electron chi connectivity index (χ0n) is 12.1. The number of carbonyl (C=O) groups is 1. The van der Waals surface area contributed by atoms with E-state index in [-0.39, 0.29) is 12.6 Å². The molecule has 1 saturated heterocycles. The molecule has 0 aromatic heterocycles. The highest BCUT2D eigenvalue weighted by molar-refractivity contribution is 5.89. The molecule has 1 aliphatic heterocycles. The fourth-order valence-electron chi connectivity index (χ4n) is 3.42. The van der Waals surface area contributed by atoms with Crippen molar-refractivity contribution in [2.75, 3.05) is 31.7 Å². The number of alkyl halides is 1. The summed E-state index contributed by atoms with van der Waals surface area (Å²) in [6, 6.07) is 7.04. The zero-order chi connectivity index (χ0) is 14.7. The number of rotatable bonds is 4. The summed E-state index contributed by atoms with van der Waals surface area (Å²) in [6.45, 7) is 1.25. The molecule has 2 fully saturated rings. The molecule has 2 aliphatic rings. The lowest BCUT2D eigenvalue weighted by atomic mass is 10.0. The first-order chi connectivity index (χ1) is 10.3. The Hall–Kier alpha value is -1.78. The number of urea groups is 1. The smallest absolute Gasteiger partial charge is 0.321 e. The topological polar surface area (TPSA) is 41.6 Å². The van der Waals surface area contributed by atoms with Crippen LogP contribution in [0, 0.1) is 11.8 Å². The van der Waals surface area contributed by atoms with Gasteiger partial charge in [-0.2, -0.15) is 0 Å². The van der Waals surface area contributed by atoms with Gasteiger partial charge in [0.2, 0.25) is 0 Å². The lowest BCUT2D eigenvalue weighted by molar-refractivity contribution is 0.219. The van der Waals surface area contributed by atoms with Gasteiger partial charge >= 0.3 is 6.03 Å². The molecule has 5 heteroatoms. The van der Waals surface area contributed by atoms with Gasteiger partial charge in [-0.1, -0.05) is 12.5 Å². The second-order valence-electron chi connectivity index (χ2n) is 5.85. The predicted octanol–water partition coefficient (Wildman–Crippen LogP) is 3.30. The van der Waals surface area contributed by atoms with Crippen molar-refractivity contribution in [3.63, 3.8) is 0 Å². The molecule has 0 bridgehead atoms. The van der Waals surface area contributed by atoms with Crippen molar-refractivity contribution in [3.05, 3.63) is 24.3 Å². The van der Waals surface area contributed by atoms with Crippen LogP contribution in [0.15, 0.2) is 24.3 Å². The predicted molar refractivity (Wildman–Crippen MR) is 79.3 cm³/mol. The van der Waals surface area contributed by atoms with Gasteiger partial charge in [0.05, 0.1) is 0 Å². The van der Waals surface area contributed by atoms with Gasteiger partial charge in [-0.3, -0.25) is 0 Å². The maximum Gasteiger partial charge on any atom is 0.321 e. The minimum atomic E-state index is -0.521. The number of ether oxygens (including phenoxy) is 1. The standard InChI is InChI=1S/C16H21FN2O2/c17-7-8-21-15-6-2-5-14(9-15)18-16(20)19-10-12-3-1-4-13(12)11-19/h2,5-6,9,12-13H,1,3-4,7-8,10-11H2,(H,18,20)/t12-,13+. The molecule has 1 heterocycles. The van der Waals surface area contributed by atoms with E-state index in [9.17, 15) is 9.18 Å². The van der Waals surface area contributed by atoms with Crippen molar-refractivity contribution in [2.45, 2.75) is 19.3 Å². The number of anilines is 1. The van der Waals surface area contributed by atoms with Gasteiger partial charge in [0.15, 0.2) is 0 Å². The highest BCUT2D eigenvalue weighted by Gasteiger charge is 2.37. The summed E-state index contributed by atoms with van der Waals surface area (Å²) >= 11 is 0. The Morgan fingerprint density at radius 2 is 2.10 bits per heavy atom. The first-order valence-electron chi connectivity index (χ1n) is 7.61. The summed E-state index contributed by atoms with van der Waals surface area (Å²) in [5.74, 6) is 1.95. The largest absolute Gasteiger partial charge is 0.491 e. The summed E-state index contributed by atoms with van der Waals surface area (Å²) in [7, 11) is 0. The number of carbonyl (C=O) groups excluding carboxylic acids is 1. The van der Waals surface area contributed by atoms with Crippen LogP contribution in [0.4, 0.5) is 14.9 Å². The first kappa shape index (κ1) is 14.2. The Bertz CT molecular complexity index is 497. The second kappa shape index (κ2) is 6.33. The van der Waals surface area contributed by atoms with Crippen molar-refractivity contribution >= 4 is 11.7 Å². The molecule has 21 heavy (non-hydrogen) atoms. The molecule has 2 atom stereocenters. The molecule has 3 rings (SSSR count). The number of fused-ring (bicyclic) bond motifs is 1. The van der Waals surface area contributed by atoms with Crippen LogP contribution >= 0.6 is 0 Å². The lowest BCUT2D eigenvalue weighted by Gasteiger charge is -2.18. The van der Waals surface area contributed by atoms with Crippen LogP contribution in [0.3, 0.4) is 0 Å². The van der Waals surface area contributed by atoms with Crippen LogP contribution in [0.1, 0.15) is 19.3 Å². The van der Waals surface area contributed by atoms with E-state index in [4.69, 9.17) is 4.74 Å². The quantitative estimate of drug-likeness (QED) is 0.925. The summed E-state index contributed by atoms with van der Waals surface area (Å²) < 4.78 is 17.3. The van der Waals surface area contributed by atoms with Gasteiger partial charge in [-0.05, 0) is 36.8 Å². The minimum absolute atomic E-state index is 0.0346. The molecule has 1 saturated carbocycles. The molecule has 0 radical (unpaired) electrons. The zero-order valence-corrected chi connectivity index (χ0v) is 12.1. The van der Waals surface area contributed by atoms with Crippen LogP contribution in [-0.2, 0) is 0 Å². The van der Waals surface area contributed by atoms with Gasteiger partial charge < -0.3 is 15.0 Å². The molecule has 4 nitrogen and oxygen atoms in total. The fourth-order valence-corrected chi connectivity index (χ4v) is 3.42. The number of benzene rings is 1. The molecule has 0 unspecified atom stereocenters. The summed E-state index contributed by atoms with van der Waals surface area (Å²) in [5.41, 5.74) is 0.688. The summed E-state index contributed by atoms with van der Waals surface area (Å²) in [6.07, 6.45) is 3.81. The molecular formula is C16H21FN2O2. The lowest BCUT2D eigenvalue weighted by Crippen LogP contribution is -2.33. The maximum atomic E-state index is 12.3. The molecule has 114 valence electrons. The number of hydrogen-bond donors (Lipinski definition) is 1. The van der Waals surface area contributed by atoms with E-state index in [1.165, 1.54) is 19.3 Å². The minimum Gasteiger partial charge on any atom is -0.491 e. The monoisotopic (exact) mass is 292 g/mol. The Labute approximate surface area is 124 Å². The first-order valence-corrected chi connectivity index (χ1v) is 7.61. The van der Waals surface area contributed by atoms with Gasteiger partial charge in [0.1, 0.15) is 19.0 Å². The molecule has 2 amide bonds. The van der Waals surface area contributed by atoms with Gasteiger partial charge in [0.25, 0.3) is 0 Å². The third kappa shape index (κ3) is 3.28. The van der Waals surface area contributed by atoms with Crippen molar-refractivity contribution in [2.24, 2.45) is 11.8 Å². The van der Waals surface area contributed by atoms with E-state index < -0.39 is 6.67 Å². The van der Waals surface area contributed by atoms with Gasteiger partial charge in [-0.15, -0.1) is 0 Å². The molecule has 1 aromatic carbocycles. The molecule has 0 spiro atoms. The Morgan fingerprint density at radius 1 is 1.33 bits per heavy atom. The number of amides is 2. The van der Waals surface area contributed by atoms with Crippen molar-refractivity contribution < 1.29 is 13.9 Å². The highest BCUT2D eigenvalue weighted by Crippen LogP contribution is 2.37. The van der Waals surface area contributed by atoms with E-state index in [0.717, 1.165) is 13.1 Å². The fraction of sp³-hybridized carbons (Fsp3) is 0.562. The average Bonchev–Trinajstić information content (AvgIpc) is 3.06. The number of nitrogens with zero attached hydrogens (tertiary/aromatic N) is 1. The third-order valence-electron chi connectivity index (χ3n) is 4.44. The summed E-state index contributed by atoms with van der Waals surface area (Å²) in [5, 5.41) is 2.90. The van der Waals surface area contributed by atoms with E-state index in [1.54, 1.807) is 18.2 Å². The number of likely N-dealkylation sites (tertiary alicyclic amines) is 1. The van der Waals surface area contributed by atoms with Crippen LogP contribution in [0.5, 0.6) is 5.75 Å². The number of hydrogen-bond acceptors (Lipinski definition) is 2. The van der Waals surface area contributed by atoms with E-state index in [2.05, 4.69) is 5.32 Å². The molecule has 1 N–H and O–H groups in total. The normalized spacial score (nSPS) is 24.0. The Kier molecular flexibility index (Phi) is 4.27. The van der Waals surface area contributed by atoms with Crippen LogP contribution < -0.4 is 10.1 Å². The number of halogens is 1. The number of nitrogens with one attached hydrogen (secondary N) is 1.